The number of likely N-dealkylation sites (tertiary alicyclic amines) is 1. The molecule has 232 valence electrons. The van der Waals surface area contributed by atoms with Crippen molar-refractivity contribution in [2.24, 2.45) is 17.8 Å². The van der Waals surface area contributed by atoms with Crippen molar-refractivity contribution in [1.82, 2.24) is 9.88 Å². The molecule has 2 fully saturated rings. The molecule has 12 heteroatoms. The van der Waals surface area contributed by atoms with Crippen molar-refractivity contribution in [3.05, 3.63) is 69.5 Å². The first-order chi connectivity index (χ1) is 21.2. The first kappa shape index (κ1) is 32.1. The molecule has 2 saturated heterocycles. The van der Waals surface area contributed by atoms with Crippen molar-refractivity contribution in [2.45, 2.75) is 57.4 Å². The van der Waals surface area contributed by atoms with Crippen molar-refractivity contribution < 1.29 is 39.4 Å². The van der Waals surface area contributed by atoms with Crippen LogP contribution in [0.5, 0.6) is 5.75 Å². The number of imide groups is 1. The summed E-state index contributed by atoms with van der Waals surface area (Å²) in [4.78, 5) is 43.7. The number of benzene rings is 1. The van der Waals surface area contributed by atoms with Crippen LogP contribution in [0.15, 0.2) is 58.2 Å². The van der Waals surface area contributed by atoms with Gasteiger partial charge in [0.15, 0.2) is 0 Å². The zero-order valence-electron chi connectivity index (χ0n) is 24.3. The minimum atomic E-state index is -1.14. The van der Waals surface area contributed by atoms with Gasteiger partial charge in [0.25, 0.3) is 0 Å². The second-order valence-electron chi connectivity index (χ2n) is 11.6. The minimum absolute atomic E-state index is 0.0446. The van der Waals surface area contributed by atoms with E-state index in [9.17, 15) is 29.6 Å². The molecule has 5 rings (SSSR count). The lowest BCUT2D eigenvalue weighted by molar-refractivity contribution is -0.141. The smallest absolute Gasteiger partial charge is 0.455 e. The standard InChI is InChI=1S/C32H36BBrN2O8/c34-22-9-10-26(38)20(15-22)14-19(25-6-3-4-12-35-25)8-11-27-29-21(18-37)16-23-30(24(29)17-33(43)44-27)32(42)36(31(23)41)13-5-1-2-7-28(39)40/h3-4,6,9-10,12,14-15,23-24,27,30,37-38,43H,1-2,5,7-8,11,13,16-18H2,(H,39,40)/b19-14-/t23-,24+,27-,30-/m1/s1. The van der Waals surface area contributed by atoms with Gasteiger partial charge in [-0.1, -0.05) is 28.4 Å². The number of hydrogen-bond donors (Lipinski definition) is 4. The maximum absolute atomic E-state index is 13.7. The number of hydrogen-bond acceptors (Lipinski definition) is 8. The Morgan fingerprint density at radius 2 is 1.93 bits per heavy atom. The largest absolute Gasteiger partial charge is 0.507 e. The lowest BCUT2D eigenvalue weighted by atomic mass is 9.58. The molecule has 1 aromatic carbocycles. The summed E-state index contributed by atoms with van der Waals surface area (Å²) in [5.41, 5.74) is 3.62. The Morgan fingerprint density at radius 3 is 2.66 bits per heavy atom. The van der Waals surface area contributed by atoms with Gasteiger partial charge in [-0.3, -0.25) is 24.3 Å². The number of phenols is 1. The van der Waals surface area contributed by atoms with Gasteiger partial charge in [-0.25, -0.2) is 0 Å². The highest BCUT2D eigenvalue weighted by Crippen LogP contribution is 2.50. The maximum Gasteiger partial charge on any atom is 0.455 e. The van der Waals surface area contributed by atoms with E-state index >= 15 is 0 Å². The molecule has 0 bridgehead atoms. The van der Waals surface area contributed by atoms with Gasteiger partial charge in [-0.15, -0.1) is 0 Å². The van der Waals surface area contributed by atoms with Crippen LogP contribution in [0.1, 0.15) is 56.2 Å². The van der Waals surface area contributed by atoms with E-state index in [0.717, 1.165) is 21.3 Å². The summed E-state index contributed by atoms with van der Waals surface area (Å²) in [6.45, 7) is -0.0551. The van der Waals surface area contributed by atoms with Crippen LogP contribution in [0, 0.1) is 17.8 Å². The number of allylic oxidation sites excluding steroid dienone is 1. The number of aliphatic hydroxyl groups excluding tert-OH is 1. The average Bonchev–Trinajstić information content (AvgIpc) is 3.24. The van der Waals surface area contributed by atoms with Gasteiger partial charge >= 0.3 is 13.1 Å². The van der Waals surface area contributed by atoms with Crippen LogP contribution >= 0.6 is 15.9 Å². The number of aromatic nitrogens is 1. The molecule has 0 saturated carbocycles. The van der Waals surface area contributed by atoms with E-state index in [-0.39, 0.29) is 49.9 Å². The molecule has 2 aliphatic heterocycles. The molecule has 1 aromatic heterocycles. The van der Waals surface area contributed by atoms with Crippen LogP contribution in [0.4, 0.5) is 0 Å². The molecule has 10 nitrogen and oxygen atoms in total. The molecule has 4 atom stereocenters. The van der Waals surface area contributed by atoms with Gasteiger partial charge < -0.3 is 25.0 Å². The van der Waals surface area contributed by atoms with Gasteiger partial charge in [-0.05, 0) is 97.5 Å². The second-order valence-corrected chi connectivity index (χ2v) is 12.5. The van der Waals surface area contributed by atoms with E-state index in [0.29, 0.717) is 43.2 Å². The number of nitrogens with zero attached hydrogens (tertiary/aromatic N) is 2. The van der Waals surface area contributed by atoms with E-state index in [4.69, 9.17) is 9.76 Å². The fourth-order valence-electron chi connectivity index (χ4n) is 6.86. The van der Waals surface area contributed by atoms with Crippen LogP contribution in [-0.2, 0) is 19.0 Å². The van der Waals surface area contributed by atoms with Crippen molar-refractivity contribution >= 4 is 52.5 Å². The number of aromatic hydroxyl groups is 1. The topological polar surface area (TPSA) is 157 Å². The number of phenolic OH excluding ortho intramolecular Hbond substituents is 1. The number of carbonyl (C=O) groups is 3. The number of carboxylic acid groups (broad SMARTS) is 1. The number of aliphatic carboxylic acids is 1. The summed E-state index contributed by atoms with van der Waals surface area (Å²) >= 11 is 3.45. The van der Waals surface area contributed by atoms with Crippen LogP contribution in [-0.4, -0.2) is 74.4 Å². The van der Waals surface area contributed by atoms with Crippen LogP contribution in [0.3, 0.4) is 0 Å². The van der Waals surface area contributed by atoms with Crippen LogP contribution in [0.25, 0.3) is 11.6 Å². The zero-order chi connectivity index (χ0) is 31.4. The summed E-state index contributed by atoms with van der Waals surface area (Å²) < 4.78 is 6.85. The number of rotatable bonds is 12. The van der Waals surface area contributed by atoms with Gasteiger partial charge in [0.2, 0.25) is 11.8 Å². The average molecular weight is 667 g/mol. The van der Waals surface area contributed by atoms with Gasteiger partial charge in [0.1, 0.15) is 5.75 Å². The molecule has 44 heavy (non-hydrogen) atoms. The zero-order valence-corrected chi connectivity index (χ0v) is 25.9. The quantitative estimate of drug-likeness (QED) is 0.112. The van der Waals surface area contributed by atoms with E-state index in [2.05, 4.69) is 20.9 Å². The minimum Gasteiger partial charge on any atom is -0.507 e. The van der Waals surface area contributed by atoms with Crippen molar-refractivity contribution in [2.75, 3.05) is 13.2 Å². The molecular formula is C32H36BBrN2O8. The lowest BCUT2D eigenvalue weighted by Crippen LogP contribution is -2.46. The van der Waals surface area contributed by atoms with Gasteiger partial charge in [0, 0.05) is 29.2 Å². The number of unbranched alkanes of at least 4 members (excludes halogenated alkanes) is 2. The fourth-order valence-corrected chi connectivity index (χ4v) is 7.24. The fraction of sp³-hybridized carbons (Fsp3) is 0.438. The number of halogens is 1. The van der Waals surface area contributed by atoms with Gasteiger partial charge in [0.05, 0.1) is 30.2 Å². The van der Waals surface area contributed by atoms with E-state index in [1.165, 1.54) is 4.90 Å². The first-order valence-electron chi connectivity index (χ1n) is 15.0. The first-order valence-corrected chi connectivity index (χ1v) is 15.8. The summed E-state index contributed by atoms with van der Waals surface area (Å²) in [6, 6.07) is 10.7. The molecule has 0 unspecified atom stereocenters. The summed E-state index contributed by atoms with van der Waals surface area (Å²) in [7, 11) is -1.14. The SMILES string of the molecule is O=C(O)CCCCCN1C(=O)[C@@H]2[C@@H](CC(CO)=C3[C@@H](CC/C(=C/c4cc(Br)ccc4O)c4ccccn4)OB(O)C[C@@H]32)C1=O. The maximum atomic E-state index is 13.7. The van der Waals surface area contributed by atoms with Crippen LogP contribution in [0.2, 0.25) is 6.32 Å². The predicted molar refractivity (Wildman–Crippen MR) is 167 cm³/mol. The third kappa shape index (κ3) is 6.99. The lowest BCUT2D eigenvalue weighted by Gasteiger charge is -2.43. The van der Waals surface area contributed by atoms with Crippen molar-refractivity contribution in [3.63, 3.8) is 0 Å². The highest BCUT2D eigenvalue weighted by atomic mass is 79.9. The molecule has 4 N–H and O–H groups in total. The summed E-state index contributed by atoms with van der Waals surface area (Å²) in [5.74, 6) is -3.00. The van der Waals surface area contributed by atoms with Crippen molar-refractivity contribution in [1.29, 1.82) is 0 Å². The monoisotopic (exact) mass is 666 g/mol. The number of fused-ring (bicyclic) bond motifs is 3. The predicted octanol–water partition coefficient (Wildman–Crippen LogP) is 4.30. The molecule has 0 radical (unpaired) electrons. The highest BCUT2D eigenvalue weighted by Gasteiger charge is 2.57. The summed E-state index contributed by atoms with van der Waals surface area (Å²) in [6.07, 6.45) is 5.86. The Labute approximate surface area is 264 Å². The van der Waals surface area contributed by atoms with E-state index in [1.807, 2.05) is 30.3 Å². The second kappa shape index (κ2) is 14.2. The van der Waals surface area contributed by atoms with E-state index < -0.39 is 36.9 Å². The highest BCUT2D eigenvalue weighted by molar-refractivity contribution is 9.10. The molecule has 3 heterocycles. The normalized spacial score (nSPS) is 23.7. The number of carbonyl (C=O) groups excluding carboxylic acids is 2. The third-order valence-electron chi connectivity index (χ3n) is 8.85. The Balaban J connectivity index is 1.38. The van der Waals surface area contributed by atoms with Crippen LogP contribution < -0.4 is 0 Å². The molecule has 2 amide bonds. The Hall–Kier alpha value is -3.32. The Kier molecular flexibility index (Phi) is 10.4. The van der Waals surface area contributed by atoms with Gasteiger partial charge in [-0.2, -0.15) is 0 Å². The van der Waals surface area contributed by atoms with E-state index in [1.54, 1.807) is 18.3 Å². The van der Waals surface area contributed by atoms with Crippen molar-refractivity contribution in [3.8, 4) is 5.75 Å². The molecule has 2 aromatic rings. The third-order valence-corrected chi connectivity index (χ3v) is 9.34. The summed E-state index contributed by atoms with van der Waals surface area (Å²) in [5, 5.41) is 40.6. The Morgan fingerprint density at radius 1 is 1.11 bits per heavy atom. The number of carboxylic acids is 1. The molecule has 3 aliphatic rings. The number of aliphatic hydroxyl groups is 1. The number of pyridine rings is 1. The molecular weight excluding hydrogens is 631 g/mol. The Bertz CT molecular complexity index is 1470. The molecule has 1 aliphatic carbocycles. The molecule has 0 spiro atoms. The number of amides is 2.